The summed E-state index contributed by atoms with van der Waals surface area (Å²) in [7, 11) is -4.15. The van der Waals surface area contributed by atoms with Gasteiger partial charge in [0.15, 0.2) is 5.37 Å². The topological polar surface area (TPSA) is 136 Å². The van der Waals surface area contributed by atoms with Crippen molar-refractivity contribution in [1.82, 2.24) is 5.32 Å². The van der Waals surface area contributed by atoms with Gasteiger partial charge in [-0.15, -0.1) is 0 Å². The number of hydrogen-bond donors (Lipinski definition) is 2. The molecule has 0 heterocycles. The zero-order chi connectivity index (χ0) is 18.4. The molecule has 2 N–H and O–H groups in total. The van der Waals surface area contributed by atoms with E-state index >= 15 is 0 Å². The Bertz CT molecular complexity index is 554. The van der Waals surface area contributed by atoms with Crippen LogP contribution in [0.4, 0.5) is 0 Å². The predicted octanol–water partition coefficient (Wildman–Crippen LogP) is 0.248. The first-order chi connectivity index (χ1) is 10.3. The number of carboxylic acid groups (broad SMARTS) is 1. The van der Waals surface area contributed by atoms with E-state index in [9.17, 15) is 22.8 Å². The summed E-state index contributed by atoms with van der Waals surface area (Å²) in [6.07, 6.45) is -1.50. The summed E-state index contributed by atoms with van der Waals surface area (Å²) in [4.78, 5) is 33.2. The average Bonchev–Trinajstić information content (AvgIpc) is 2.39. The Morgan fingerprint density at radius 2 is 1.74 bits per heavy atom. The molecule has 0 aliphatic carbocycles. The highest BCUT2D eigenvalue weighted by atomic mass is 32.2. The maximum atomic E-state index is 12.1. The van der Waals surface area contributed by atoms with Crippen molar-refractivity contribution in [1.29, 1.82) is 0 Å². The fraction of sp³-hybridized carbons (Fsp3) is 0.769. The minimum absolute atomic E-state index is 0.0780. The van der Waals surface area contributed by atoms with E-state index in [1.807, 2.05) is 0 Å². The van der Waals surface area contributed by atoms with Crippen LogP contribution in [-0.2, 0) is 33.4 Å². The number of ether oxygens (including phenoxy) is 1. The van der Waals surface area contributed by atoms with E-state index in [1.54, 1.807) is 6.92 Å². The third kappa shape index (κ3) is 6.95. The molecule has 1 unspecified atom stereocenters. The molecule has 0 aromatic heterocycles. The van der Waals surface area contributed by atoms with Crippen molar-refractivity contribution >= 4 is 28.0 Å². The molecule has 0 aliphatic rings. The molecule has 0 rings (SSSR count). The largest absolute Gasteiger partial charge is 0.478 e. The minimum Gasteiger partial charge on any atom is -0.478 e. The Balaban J connectivity index is 5.12. The van der Waals surface area contributed by atoms with E-state index in [4.69, 9.17) is 14.0 Å². The number of nitrogens with one attached hydrogen (secondary N) is 1. The molecule has 0 aromatic rings. The fourth-order valence-electron chi connectivity index (χ4n) is 1.71. The van der Waals surface area contributed by atoms with E-state index in [2.05, 4.69) is 5.32 Å². The quantitative estimate of drug-likeness (QED) is 0.444. The van der Waals surface area contributed by atoms with E-state index in [1.165, 1.54) is 20.8 Å². The summed E-state index contributed by atoms with van der Waals surface area (Å²) >= 11 is 0. The van der Waals surface area contributed by atoms with Crippen LogP contribution in [0.1, 0.15) is 41.0 Å². The van der Waals surface area contributed by atoms with E-state index in [0.29, 0.717) is 0 Å². The summed E-state index contributed by atoms with van der Waals surface area (Å²) < 4.78 is 33.7. The highest BCUT2D eigenvalue weighted by Crippen LogP contribution is 2.26. The first-order valence-electron chi connectivity index (χ1n) is 6.89. The number of hydrogen-bond acceptors (Lipinski definition) is 7. The van der Waals surface area contributed by atoms with Crippen molar-refractivity contribution in [2.45, 2.75) is 52.5 Å². The lowest BCUT2D eigenvalue weighted by Crippen LogP contribution is -2.45. The molecule has 0 aliphatic heterocycles. The van der Waals surface area contributed by atoms with Gasteiger partial charge in [0, 0.05) is 19.3 Å². The minimum atomic E-state index is -4.15. The van der Waals surface area contributed by atoms with E-state index in [0.717, 1.165) is 6.92 Å². The molecule has 9 nitrogen and oxygen atoms in total. The van der Waals surface area contributed by atoms with Crippen molar-refractivity contribution < 1.29 is 36.8 Å². The van der Waals surface area contributed by atoms with E-state index < -0.39 is 51.5 Å². The number of carbonyl (C=O) groups excluding carboxylic acids is 2. The zero-order valence-electron chi connectivity index (χ0n) is 13.8. The predicted molar refractivity (Wildman–Crippen MR) is 79.7 cm³/mol. The fourth-order valence-corrected chi connectivity index (χ4v) is 3.06. The van der Waals surface area contributed by atoms with Crippen molar-refractivity contribution in [3.8, 4) is 0 Å². The second-order valence-electron chi connectivity index (χ2n) is 5.67. The summed E-state index contributed by atoms with van der Waals surface area (Å²) in [6.45, 7) is 6.02. The van der Waals surface area contributed by atoms with Crippen LogP contribution in [0.15, 0.2) is 0 Å². The molecule has 1 amide bonds. The number of aliphatic carboxylic acids is 1. The van der Waals surface area contributed by atoms with Crippen molar-refractivity contribution in [2.75, 3.05) is 6.61 Å². The molecular weight excluding hydrogens is 330 g/mol. The first kappa shape index (κ1) is 21.3. The second-order valence-corrected chi connectivity index (χ2v) is 7.46. The molecule has 0 spiro atoms. The molecule has 0 bridgehead atoms. The Morgan fingerprint density at radius 3 is 2.09 bits per heavy atom. The van der Waals surface area contributed by atoms with Gasteiger partial charge in [0.1, 0.15) is 0 Å². The first-order valence-corrected chi connectivity index (χ1v) is 8.36. The second kappa shape index (κ2) is 8.25. The lowest BCUT2D eigenvalue weighted by Gasteiger charge is -2.30. The summed E-state index contributed by atoms with van der Waals surface area (Å²) in [5.74, 6) is -2.76. The van der Waals surface area contributed by atoms with Crippen molar-refractivity contribution in [3.05, 3.63) is 0 Å². The number of amides is 1. The SMILES string of the molecule is CCC(NC(C)=O)S(=O)(=O)OCC(C)(C)[C@@H](OC(C)=O)C(=O)O. The summed E-state index contributed by atoms with van der Waals surface area (Å²) in [5.41, 5.74) is -1.31. The Kier molecular flexibility index (Phi) is 7.65. The maximum Gasteiger partial charge on any atom is 0.345 e. The Hall–Kier alpha value is -1.68. The van der Waals surface area contributed by atoms with Gasteiger partial charge in [0.2, 0.25) is 12.0 Å². The molecule has 0 saturated carbocycles. The van der Waals surface area contributed by atoms with E-state index in [-0.39, 0.29) is 6.42 Å². The van der Waals surface area contributed by atoms with Crippen molar-refractivity contribution in [3.63, 3.8) is 0 Å². The van der Waals surface area contributed by atoms with Gasteiger partial charge in [-0.3, -0.25) is 13.8 Å². The van der Waals surface area contributed by atoms with Gasteiger partial charge in [-0.2, -0.15) is 8.42 Å². The lowest BCUT2D eigenvalue weighted by molar-refractivity contribution is -0.172. The zero-order valence-corrected chi connectivity index (χ0v) is 14.6. The van der Waals surface area contributed by atoms with Crippen LogP contribution in [-0.4, -0.2) is 49.5 Å². The molecule has 0 aromatic carbocycles. The van der Waals surface area contributed by atoms with Crippen LogP contribution in [0.2, 0.25) is 0 Å². The van der Waals surface area contributed by atoms with Crippen LogP contribution < -0.4 is 5.32 Å². The van der Waals surface area contributed by atoms with Crippen LogP contribution in [0, 0.1) is 5.41 Å². The summed E-state index contributed by atoms with van der Waals surface area (Å²) in [6, 6.07) is 0. The molecule has 10 heteroatoms. The van der Waals surface area contributed by atoms with Gasteiger partial charge < -0.3 is 15.2 Å². The van der Waals surface area contributed by atoms with Gasteiger partial charge >= 0.3 is 11.9 Å². The van der Waals surface area contributed by atoms with Crippen LogP contribution in [0.3, 0.4) is 0 Å². The molecule has 23 heavy (non-hydrogen) atoms. The third-order valence-corrected chi connectivity index (χ3v) is 4.49. The molecule has 2 atom stereocenters. The van der Waals surface area contributed by atoms with Crippen molar-refractivity contribution in [2.24, 2.45) is 5.41 Å². The Morgan fingerprint density at radius 1 is 1.22 bits per heavy atom. The normalized spacial score (nSPS) is 14.7. The number of rotatable bonds is 9. The smallest absolute Gasteiger partial charge is 0.345 e. The number of esters is 1. The van der Waals surface area contributed by atoms with Gasteiger partial charge in [-0.1, -0.05) is 20.8 Å². The molecular formula is C13H23NO8S. The standard InChI is InChI=1S/C13H23NO8S/c1-6-10(14-8(2)15)23(19,20)21-7-13(4,5)11(12(17)18)22-9(3)16/h10-11H,6-7H2,1-5H3,(H,14,15)(H,17,18)/t10?,11-/m0/s1. The summed E-state index contributed by atoms with van der Waals surface area (Å²) in [5, 5.41) is 10.1. The van der Waals surface area contributed by atoms with Crippen LogP contribution in [0.5, 0.6) is 0 Å². The van der Waals surface area contributed by atoms with Gasteiger partial charge in [-0.25, -0.2) is 4.79 Å². The van der Waals surface area contributed by atoms with Crippen LogP contribution >= 0.6 is 0 Å². The third-order valence-electron chi connectivity index (χ3n) is 2.90. The number of carbonyl (C=O) groups is 3. The molecule has 0 radical (unpaired) electrons. The van der Waals surface area contributed by atoms with Gasteiger partial charge in [0.05, 0.1) is 6.61 Å². The number of carboxylic acids is 1. The highest BCUT2D eigenvalue weighted by molar-refractivity contribution is 7.87. The van der Waals surface area contributed by atoms with Crippen LogP contribution in [0.25, 0.3) is 0 Å². The average molecular weight is 353 g/mol. The molecule has 0 fully saturated rings. The molecule has 134 valence electrons. The Labute approximate surface area is 135 Å². The highest BCUT2D eigenvalue weighted by Gasteiger charge is 2.40. The lowest BCUT2D eigenvalue weighted by atomic mass is 9.87. The van der Waals surface area contributed by atoms with Gasteiger partial charge in [0.25, 0.3) is 10.1 Å². The van der Waals surface area contributed by atoms with Gasteiger partial charge in [-0.05, 0) is 6.42 Å². The monoisotopic (exact) mass is 353 g/mol. The molecule has 0 saturated heterocycles. The maximum absolute atomic E-state index is 12.1.